The van der Waals surface area contributed by atoms with Crippen molar-refractivity contribution in [3.8, 4) is 0 Å². The standard InChI is InChI=1S/C17H34N4.HI/c1-3-18-17(20-16-10-4-5-11-16)19-12-8-14-21-13-7-6-9-15(21)2;/h15-16H,3-14H2,1-2H3,(H2,18,19,20);1H. The van der Waals surface area contributed by atoms with Crippen LogP contribution in [0.4, 0.5) is 0 Å². The molecule has 0 amide bonds. The molecule has 1 aliphatic carbocycles. The molecule has 4 nitrogen and oxygen atoms in total. The zero-order valence-electron chi connectivity index (χ0n) is 14.4. The van der Waals surface area contributed by atoms with E-state index in [1.54, 1.807) is 0 Å². The van der Waals surface area contributed by atoms with E-state index in [2.05, 4.69) is 29.4 Å². The second kappa shape index (κ2) is 11.5. The minimum absolute atomic E-state index is 0. The minimum Gasteiger partial charge on any atom is -0.357 e. The topological polar surface area (TPSA) is 39.7 Å². The summed E-state index contributed by atoms with van der Waals surface area (Å²) < 4.78 is 0. The van der Waals surface area contributed by atoms with Crippen LogP contribution in [0.5, 0.6) is 0 Å². The summed E-state index contributed by atoms with van der Waals surface area (Å²) in [6.07, 6.45) is 10.7. The van der Waals surface area contributed by atoms with Gasteiger partial charge in [0, 0.05) is 31.7 Å². The summed E-state index contributed by atoms with van der Waals surface area (Å²) in [4.78, 5) is 7.39. The van der Waals surface area contributed by atoms with E-state index in [0.717, 1.165) is 25.1 Å². The fourth-order valence-electron chi connectivity index (χ4n) is 3.54. The van der Waals surface area contributed by atoms with Crippen LogP contribution in [0.1, 0.15) is 65.2 Å². The lowest BCUT2D eigenvalue weighted by Gasteiger charge is -2.33. The minimum atomic E-state index is 0. The number of aliphatic imine (C=N–C) groups is 1. The van der Waals surface area contributed by atoms with Crippen molar-refractivity contribution < 1.29 is 0 Å². The van der Waals surface area contributed by atoms with E-state index in [1.807, 2.05) is 0 Å². The van der Waals surface area contributed by atoms with Crippen molar-refractivity contribution in [1.29, 1.82) is 0 Å². The smallest absolute Gasteiger partial charge is 0.191 e. The normalized spacial score (nSPS) is 24.1. The van der Waals surface area contributed by atoms with Crippen molar-refractivity contribution in [2.45, 2.75) is 77.3 Å². The highest BCUT2D eigenvalue weighted by atomic mass is 127. The third-order valence-electron chi connectivity index (χ3n) is 4.85. The van der Waals surface area contributed by atoms with Crippen molar-refractivity contribution in [3.63, 3.8) is 0 Å². The summed E-state index contributed by atoms with van der Waals surface area (Å²) in [7, 11) is 0. The van der Waals surface area contributed by atoms with Gasteiger partial charge in [0.15, 0.2) is 5.96 Å². The molecule has 2 aliphatic rings. The van der Waals surface area contributed by atoms with Gasteiger partial charge in [0.05, 0.1) is 0 Å². The van der Waals surface area contributed by atoms with Crippen molar-refractivity contribution in [1.82, 2.24) is 15.5 Å². The first-order chi connectivity index (χ1) is 10.3. The van der Waals surface area contributed by atoms with Crippen molar-refractivity contribution in [2.24, 2.45) is 4.99 Å². The van der Waals surface area contributed by atoms with Crippen molar-refractivity contribution in [2.75, 3.05) is 26.2 Å². The Bertz CT molecular complexity index is 316. The SMILES string of the molecule is CCNC(=NCCCN1CCCCC1C)NC1CCCC1.I. The number of rotatable bonds is 6. The van der Waals surface area contributed by atoms with Crippen LogP contribution in [0, 0.1) is 0 Å². The molecular weight excluding hydrogens is 387 g/mol. The van der Waals surface area contributed by atoms with Gasteiger partial charge in [-0.3, -0.25) is 4.99 Å². The fraction of sp³-hybridized carbons (Fsp3) is 0.941. The van der Waals surface area contributed by atoms with E-state index in [1.165, 1.54) is 64.5 Å². The molecule has 1 atom stereocenters. The van der Waals surface area contributed by atoms with Gasteiger partial charge in [0.1, 0.15) is 0 Å². The molecule has 2 fully saturated rings. The fourth-order valence-corrected chi connectivity index (χ4v) is 3.54. The van der Waals surface area contributed by atoms with Crippen LogP contribution in [0.2, 0.25) is 0 Å². The number of guanidine groups is 1. The molecule has 1 saturated carbocycles. The van der Waals surface area contributed by atoms with E-state index in [-0.39, 0.29) is 24.0 Å². The molecule has 1 saturated heterocycles. The third kappa shape index (κ3) is 7.02. The number of halogens is 1. The summed E-state index contributed by atoms with van der Waals surface area (Å²) in [5.41, 5.74) is 0. The van der Waals surface area contributed by atoms with Crippen LogP contribution >= 0.6 is 24.0 Å². The Morgan fingerprint density at radius 1 is 1.14 bits per heavy atom. The summed E-state index contributed by atoms with van der Waals surface area (Å²) in [6, 6.07) is 1.41. The Morgan fingerprint density at radius 2 is 1.86 bits per heavy atom. The summed E-state index contributed by atoms with van der Waals surface area (Å²) in [6.45, 7) is 8.88. The molecule has 0 radical (unpaired) electrons. The molecule has 0 bridgehead atoms. The van der Waals surface area contributed by atoms with Gasteiger partial charge in [0.2, 0.25) is 0 Å². The Hall–Kier alpha value is -0.0400. The molecule has 2 N–H and O–H groups in total. The maximum Gasteiger partial charge on any atom is 0.191 e. The molecule has 0 spiro atoms. The highest BCUT2D eigenvalue weighted by molar-refractivity contribution is 14.0. The van der Waals surface area contributed by atoms with Crippen LogP contribution in [0.25, 0.3) is 0 Å². The van der Waals surface area contributed by atoms with Gasteiger partial charge in [-0.25, -0.2) is 0 Å². The summed E-state index contributed by atoms with van der Waals surface area (Å²) in [5.74, 6) is 1.02. The van der Waals surface area contributed by atoms with Crippen LogP contribution in [-0.2, 0) is 0 Å². The summed E-state index contributed by atoms with van der Waals surface area (Å²) in [5, 5.41) is 6.97. The van der Waals surface area contributed by atoms with E-state index in [0.29, 0.717) is 6.04 Å². The first-order valence-corrected chi connectivity index (χ1v) is 9.08. The number of nitrogens with zero attached hydrogens (tertiary/aromatic N) is 2. The number of hydrogen-bond acceptors (Lipinski definition) is 2. The molecule has 130 valence electrons. The molecule has 22 heavy (non-hydrogen) atoms. The number of piperidine rings is 1. The molecule has 0 aromatic rings. The summed E-state index contributed by atoms with van der Waals surface area (Å²) >= 11 is 0. The zero-order valence-corrected chi connectivity index (χ0v) is 16.8. The van der Waals surface area contributed by atoms with Gasteiger partial charge >= 0.3 is 0 Å². The monoisotopic (exact) mass is 422 g/mol. The quantitative estimate of drug-likeness (QED) is 0.299. The molecule has 1 unspecified atom stereocenters. The average Bonchev–Trinajstić information content (AvgIpc) is 2.98. The maximum atomic E-state index is 4.75. The largest absolute Gasteiger partial charge is 0.357 e. The van der Waals surface area contributed by atoms with Crippen molar-refractivity contribution in [3.05, 3.63) is 0 Å². The van der Waals surface area contributed by atoms with Crippen LogP contribution in [-0.4, -0.2) is 49.1 Å². The highest BCUT2D eigenvalue weighted by Crippen LogP contribution is 2.17. The average molecular weight is 422 g/mol. The first-order valence-electron chi connectivity index (χ1n) is 9.08. The van der Waals surface area contributed by atoms with Crippen LogP contribution in [0.3, 0.4) is 0 Å². The lowest BCUT2D eigenvalue weighted by atomic mass is 10.0. The van der Waals surface area contributed by atoms with Crippen LogP contribution < -0.4 is 10.6 Å². The Kier molecular flexibility index (Phi) is 10.4. The number of nitrogens with one attached hydrogen (secondary N) is 2. The molecule has 0 aromatic carbocycles. The Morgan fingerprint density at radius 3 is 2.55 bits per heavy atom. The predicted molar refractivity (Wildman–Crippen MR) is 106 cm³/mol. The van der Waals surface area contributed by atoms with Gasteiger partial charge in [-0.1, -0.05) is 19.3 Å². The predicted octanol–water partition coefficient (Wildman–Crippen LogP) is 3.37. The molecular formula is C17H35IN4. The zero-order chi connectivity index (χ0) is 14.9. The van der Waals surface area contributed by atoms with E-state index in [4.69, 9.17) is 4.99 Å². The lowest BCUT2D eigenvalue weighted by molar-refractivity contribution is 0.160. The molecule has 2 rings (SSSR count). The van der Waals surface area contributed by atoms with Crippen molar-refractivity contribution >= 4 is 29.9 Å². The van der Waals surface area contributed by atoms with E-state index in [9.17, 15) is 0 Å². The molecule has 5 heteroatoms. The second-order valence-corrected chi connectivity index (χ2v) is 6.62. The lowest BCUT2D eigenvalue weighted by Crippen LogP contribution is -2.42. The molecule has 0 aromatic heterocycles. The maximum absolute atomic E-state index is 4.75. The van der Waals surface area contributed by atoms with Crippen LogP contribution in [0.15, 0.2) is 4.99 Å². The second-order valence-electron chi connectivity index (χ2n) is 6.62. The van der Waals surface area contributed by atoms with Gasteiger partial charge < -0.3 is 15.5 Å². The third-order valence-corrected chi connectivity index (χ3v) is 4.85. The Labute approximate surface area is 153 Å². The number of hydrogen-bond donors (Lipinski definition) is 2. The molecule has 1 heterocycles. The van der Waals surface area contributed by atoms with Gasteiger partial charge in [-0.2, -0.15) is 0 Å². The van der Waals surface area contributed by atoms with Gasteiger partial charge in [-0.05, 0) is 52.5 Å². The first kappa shape index (κ1) is 20.0. The Balaban J connectivity index is 0.00000242. The van der Waals surface area contributed by atoms with Gasteiger partial charge in [0.25, 0.3) is 0 Å². The van der Waals surface area contributed by atoms with E-state index < -0.39 is 0 Å². The van der Waals surface area contributed by atoms with Gasteiger partial charge in [-0.15, -0.1) is 24.0 Å². The highest BCUT2D eigenvalue weighted by Gasteiger charge is 2.17. The van der Waals surface area contributed by atoms with E-state index >= 15 is 0 Å². The molecule has 1 aliphatic heterocycles. The number of likely N-dealkylation sites (tertiary alicyclic amines) is 1.